The number of amides is 3. The van der Waals surface area contributed by atoms with Gasteiger partial charge in [0.2, 0.25) is 6.41 Å². The van der Waals surface area contributed by atoms with E-state index < -0.39 is 27.2 Å². The zero-order valence-electron chi connectivity index (χ0n) is 14.9. The Labute approximate surface area is 152 Å². The zero-order chi connectivity index (χ0) is 20.0. The number of hydrogen-bond donors (Lipinski definition) is 3. The summed E-state index contributed by atoms with van der Waals surface area (Å²) < 4.78 is 30.0. The Kier molecular flexibility index (Phi) is 6.96. The van der Waals surface area contributed by atoms with Crippen LogP contribution in [0.5, 0.6) is 0 Å². The molecule has 3 amide bonds. The van der Waals surface area contributed by atoms with E-state index in [0.717, 1.165) is 11.1 Å². The predicted molar refractivity (Wildman–Crippen MR) is 97.0 cm³/mol. The van der Waals surface area contributed by atoms with Gasteiger partial charge in [0.15, 0.2) is 9.84 Å². The van der Waals surface area contributed by atoms with E-state index in [1.54, 1.807) is 31.6 Å². The summed E-state index contributed by atoms with van der Waals surface area (Å²) >= 11 is 0. The normalized spacial score (nSPS) is 11.2. The van der Waals surface area contributed by atoms with Gasteiger partial charge in [0.25, 0.3) is 0 Å². The fourth-order valence-corrected chi connectivity index (χ4v) is 3.71. The summed E-state index contributed by atoms with van der Waals surface area (Å²) in [5.74, 6) is -0.529. The number of rotatable bonds is 5. The predicted octanol–water partition coefficient (Wildman–Crippen LogP) is 1.41. The van der Waals surface area contributed by atoms with E-state index >= 15 is 0 Å². The summed E-state index contributed by atoms with van der Waals surface area (Å²) in [5.41, 5.74) is 11.1. The molecular weight excluding hydrogens is 358 g/mol. The second-order valence-electron chi connectivity index (χ2n) is 6.05. The van der Waals surface area contributed by atoms with E-state index in [0.29, 0.717) is 5.56 Å². The molecule has 0 aliphatic heterocycles. The van der Waals surface area contributed by atoms with Crippen molar-refractivity contribution in [3.8, 4) is 0 Å². The van der Waals surface area contributed by atoms with Crippen LogP contribution in [0.1, 0.15) is 30.5 Å². The lowest BCUT2D eigenvalue weighted by atomic mass is 9.79. The third-order valence-electron chi connectivity index (χ3n) is 3.92. The molecule has 0 unspecified atom stereocenters. The zero-order valence-corrected chi connectivity index (χ0v) is 15.7. The Morgan fingerprint density at radius 2 is 1.88 bits per heavy atom. The van der Waals surface area contributed by atoms with Crippen LogP contribution < -0.4 is 16.8 Å². The van der Waals surface area contributed by atoms with Crippen LogP contribution in [0, 0.1) is 6.92 Å². The van der Waals surface area contributed by atoms with Crippen molar-refractivity contribution in [2.45, 2.75) is 31.1 Å². The summed E-state index contributed by atoms with van der Waals surface area (Å²) in [6, 6.07) is 6.27. The molecule has 8 nitrogen and oxygen atoms in total. The van der Waals surface area contributed by atoms with Crippen molar-refractivity contribution in [3.63, 3.8) is 0 Å². The molecule has 26 heavy (non-hydrogen) atoms. The van der Waals surface area contributed by atoms with E-state index in [1.807, 2.05) is 26.0 Å². The highest BCUT2D eigenvalue weighted by molar-refractivity contribution is 7.91. The molecule has 9 heteroatoms. The maximum Gasteiger partial charge on any atom is 0.313 e. The van der Waals surface area contributed by atoms with Crippen molar-refractivity contribution < 1.29 is 22.4 Å². The number of aryl methyl sites for hydroxylation is 1. The van der Waals surface area contributed by atoms with Gasteiger partial charge < -0.3 is 21.2 Å². The lowest BCUT2D eigenvalue weighted by Gasteiger charge is -2.25. The highest BCUT2D eigenvalue weighted by Crippen LogP contribution is 2.33. The van der Waals surface area contributed by atoms with Gasteiger partial charge in [0, 0.05) is 11.0 Å². The van der Waals surface area contributed by atoms with Gasteiger partial charge in [-0.05, 0) is 30.2 Å². The molecule has 0 saturated heterocycles. The van der Waals surface area contributed by atoms with Gasteiger partial charge in [-0.3, -0.25) is 4.79 Å². The first-order valence-corrected chi connectivity index (χ1v) is 9.26. The van der Waals surface area contributed by atoms with E-state index in [4.69, 9.17) is 14.9 Å². The molecule has 0 fully saturated rings. The largest absolute Gasteiger partial charge is 0.472 e. The Morgan fingerprint density at radius 3 is 2.38 bits per heavy atom. The number of sulfone groups is 1. The first kappa shape index (κ1) is 21.2. The van der Waals surface area contributed by atoms with Crippen LogP contribution >= 0.6 is 0 Å². The standard InChI is InChI=1S/C16H20N2O4S.CH3NO/c1-11-4-5-12(16(2,3)13-6-7-22-9-13)8-14(11)23(20,21)10-18-15(17)19;2-1-3/h4-9H,10H2,1-3H3,(H3,17,18,19);1H,(H2,2,3). The van der Waals surface area contributed by atoms with Crippen molar-refractivity contribution >= 4 is 22.3 Å². The molecule has 0 saturated carbocycles. The average Bonchev–Trinajstić information content (AvgIpc) is 3.09. The fourth-order valence-electron chi connectivity index (χ4n) is 2.35. The number of benzene rings is 1. The molecule has 0 radical (unpaired) electrons. The summed E-state index contributed by atoms with van der Waals surface area (Å²) in [6.07, 6.45) is 3.47. The smallest absolute Gasteiger partial charge is 0.313 e. The number of hydrogen-bond acceptors (Lipinski definition) is 5. The molecule has 0 bridgehead atoms. The molecule has 2 rings (SSSR count). The number of carbonyl (C=O) groups is 2. The highest BCUT2D eigenvalue weighted by Gasteiger charge is 2.27. The topological polar surface area (TPSA) is 145 Å². The molecule has 0 aliphatic rings. The first-order valence-electron chi connectivity index (χ1n) is 7.61. The van der Waals surface area contributed by atoms with E-state index in [-0.39, 0.29) is 11.3 Å². The van der Waals surface area contributed by atoms with Gasteiger partial charge in [0.1, 0.15) is 5.88 Å². The third kappa shape index (κ3) is 5.09. The molecule has 0 atom stereocenters. The number of nitrogens with two attached hydrogens (primary N) is 2. The molecule has 5 N–H and O–H groups in total. The van der Waals surface area contributed by atoms with Crippen LogP contribution in [0.3, 0.4) is 0 Å². The van der Waals surface area contributed by atoms with Crippen LogP contribution in [-0.4, -0.2) is 26.7 Å². The second-order valence-corrected chi connectivity index (χ2v) is 8.01. The van der Waals surface area contributed by atoms with Crippen molar-refractivity contribution in [2.24, 2.45) is 11.5 Å². The summed E-state index contributed by atoms with van der Waals surface area (Å²) in [4.78, 5) is 19.5. The van der Waals surface area contributed by atoms with Gasteiger partial charge in [0.05, 0.1) is 17.4 Å². The van der Waals surface area contributed by atoms with Crippen molar-refractivity contribution in [3.05, 3.63) is 53.5 Å². The van der Waals surface area contributed by atoms with E-state index in [9.17, 15) is 13.2 Å². The lowest BCUT2D eigenvalue weighted by Crippen LogP contribution is -2.34. The summed E-state index contributed by atoms with van der Waals surface area (Å²) in [5, 5.41) is 2.13. The molecule has 2 aromatic rings. The molecule has 0 aliphatic carbocycles. The maximum absolute atomic E-state index is 12.4. The maximum atomic E-state index is 12.4. The lowest BCUT2D eigenvalue weighted by molar-refractivity contribution is -0.106. The average molecular weight is 381 g/mol. The minimum absolute atomic E-state index is 0.181. The van der Waals surface area contributed by atoms with E-state index in [2.05, 4.69) is 11.1 Å². The van der Waals surface area contributed by atoms with Gasteiger partial charge >= 0.3 is 6.03 Å². The van der Waals surface area contributed by atoms with Crippen molar-refractivity contribution in [2.75, 3.05) is 5.88 Å². The number of nitrogens with one attached hydrogen (secondary N) is 1. The van der Waals surface area contributed by atoms with Gasteiger partial charge in [-0.1, -0.05) is 26.0 Å². The van der Waals surface area contributed by atoms with Crippen LogP contribution in [0.2, 0.25) is 0 Å². The van der Waals surface area contributed by atoms with Crippen molar-refractivity contribution in [1.82, 2.24) is 5.32 Å². The van der Waals surface area contributed by atoms with E-state index in [1.165, 1.54) is 0 Å². The molecule has 1 heterocycles. The number of primary amides is 2. The fraction of sp³-hybridized carbons (Fsp3) is 0.294. The molecule has 1 aromatic carbocycles. The molecular formula is C17H23N3O5S. The Bertz CT molecular complexity index is 859. The van der Waals surface area contributed by atoms with Crippen LogP contribution in [-0.2, 0) is 20.0 Å². The van der Waals surface area contributed by atoms with Crippen LogP contribution in [0.25, 0.3) is 0 Å². The minimum Gasteiger partial charge on any atom is -0.472 e. The third-order valence-corrected chi connectivity index (χ3v) is 5.56. The number of carbonyl (C=O) groups excluding carboxylic acids is 2. The van der Waals surface area contributed by atoms with Crippen LogP contribution in [0.15, 0.2) is 46.1 Å². The minimum atomic E-state index is -3.67. The summed E-state index contributed by atoms with van der Waals surface area (Å²) in [6.45, 7) is 5.69. The van der Waals surface area contributed by atoms with Gasteiger partial charge in [-0.25, -0.2) is 13.2 Å². The first-order chi connectivity index (χ1) is 12.1. The van der Waals surface area contributed by atoms with Gasteiger partial charge in [-0.15, -0.1) is 0 Å². The number of furan rings is 1. The second kappa shape index (κ2) is 8.52. The molecule has 1 aromatic heterocycles. The molecule has 0 spiro atoms. The highest BCUT2D eigenvalue weighted by atomic mass is 32.2. The number of urea groups is 1. The Hall–Kier alpha value is -2.81. The van der Waals surface area contributed by atoms with Crippen LogP contribution in [0.4, 0.5) is 4.79 Å². The Balaban J connectivity index is 0.00000105. The van der Waals surface area contributed by atoms with Gasteiger partial charge in [-0.2, -0.15) is 0 Å². The SMILES string of the molecule is Cc1ccc(C(C)(C)c2ccoc2)cc1S(=O)(=O)CNC(N)=O.NC=O. The van der Waals surface area contributed by atoms with Crippen molar-refractivity contribution in [1.29, 1.82) is 0 Å². The molecule has 142 valence electrons. The monoisotopic (exact) mass is 381 g/mol. The Morgan fingerprint density at radius 1 is 1.27 bits per heavy atom. The quantitative estimate of drug-likeness (QED) is 0.670. The summed E-state index contributed by atoms with van der Waals surface area (Å²) in [7, 11) is -3.67.